The van der Waals surface area contributed by atoms with E-state index in [1.54, 1.807) is 0 Å². The average Bonchev–Trinajstić information content (AvgIpc) is 3.01. The van der Waals surface area contributed by atoms with Gasteiger partial charge in [0, 0.05) is 0 Å². The summed E-state index contributed by atoms with van der Waals surface area (Å²) in [5.74, 6) is -2.59. The molecule has 0 aromatic rings. The summed E-state index contributed by atoms with van der Waals surface area (Å²) >= 11 is 0. The van der Waals surface area contributed by atoms with Crippen molar-refractivity contribution in [3.8, 4) is 0 Å². The molecule has 0 aromatic carbocycles. The van der Waals surface area contributed by atoms with Gasteiger partial charge in [-0.15, -0.1) is 0 Å². The molecule has 5 atom stereocenters. The van der Waals surface area contributed by atoms with Crippen molar-refractivity contribution in [3.05, 3.63) is 0 Å². The molecule has 2 bridgehead atoms. The zero-order chi connectivity index (χ0) is 14.6. The highest BCUT2D eigenvalue weighted by molar-refractivity contribution is 6.08. The topological polar surface area (TPSA) is 83.9 Å². The Labute approximate surface area is 117 Å². The number of carboxylic acid groups (broad SMARTS) is 1. The van der Waals surface area contributed by atoms with Gasteiger partial charge in [0.05, 0.1) is 24.0 Å². The van der Waals surface area contributed by atoms with Crippen molar-refractivity contribution in [2.24, 2.45) is 17.8 Å². The van der Waals surface area contributed by atoms with Crippen LogP contribution in [0.4, 0.5) is 0 Å². The van der Waals surface area contributed by atoms with E-state index in [9.17, 15) is 19.5 Å². The molecule has 1 N–H and O–H groups in total. The van der Waals surface area contributed by atoms with Crippen molar-refractivity contribution < 1.29 is 24.2 Å². The molecule has 3 aliphatic rings. The Morgan fingerprint density at radius 2 is 1.75 bits per heavy atom. The van der Waals surface area contributed by atoms with E-state index in [1.165, 1.54) is 0 Å². The molecule has 0 spiro atoms. The molecule has 3 fully saturated rings. The zero-order valence-corrected chi connectivity index (χ0v) is 11.6. The van der Waals surface area contributed by atoms with Crippen LogP contribution >= 0.6 is 0 Å². The summed E-state index contributed by atoms with van der Waals surface area (Å²) in [5, 5.41) is 9.35. The third-order valence-corrected chi connectivity index (χ3v) is 4.61. The summed E-state index contributed by atoms with van der Waals surface area (Å²) in [4.78, 5) is 37.4. The quantitative estimate of drug-likeness (QED) is 0.765. The number of carbonyl (C=O) groups excluding carboxylic acids is 2. The number of rotatable bonds is 4. The van der Waals surface area contributed by atoms with Crippen LogP contribution in [-0.2, 0) is 19.1 Å². The third-order valence-electron chi connectivity index (χ3n) is 4.61. The number of hydrogen-bond donors (Lipinski definition) is 1. The van der Waals surface area contributed by atoms with Crippen molar-refractivity contribution in [3.63, 3.8) is 0 Å². The maximum Gasteiger partial charge on any atom is 0.326 e. The first-order valence-electron chi connectivity index (χ1n) is 7.17. The van der Waals surface area contributed by atoms with Gasteiger partial charge in [0.1, 0.15) is 6.04 Å². The fraction of sp³-hybridized carbons (Fsp3) is 0.786. The van der Waals surface area contributed by atoms with Crippen LogP contribution in [0.15, 0.2) is 0 Å². The fourth-order valence-electron chi connectivity index (χ4n) is 3.81. The number of nitrogens with zero attached hydrogens (tertiary/aromatic N) is 1. The largest absolute Gasteiger partial charge is 0.480 e. The maximum absolute atomic E-state index is 12.5. The lowest BCUT2D eigenvalue weighted by molar-refractivity contribution is -0.157. The monoisotopic (exact) mass is 281 g/mol. The van der Waals surface area contributed by atoms with Crippen LogP contribution in [0.3, 0.4) is 0 Å². The minimum absolute atomic E-state index is 0.102. The van der Waals surface area contributed by atoms with Crippen LogP contribution in [0.5, 0.6) is 0 Å². The Hall–Kier alpha value is -1.43. The molecule has 20 heavy (non-hydrogen) atoms. The molecule has 0 radical (unpaired) electrons. The molecule has 0 aliphatic carbocycles. The number of likely N-dealkylation sites (tertiary alicyclic amines) is 1. The van der Waals surface area contributed by atoms with E-state index >= 15 is 0 Å². The number of imide groups is 1. The number of carbonyl (C=O) groups is 3. The van der Waals surface area contributed by atoms with Crippen LogP contribution in [0, 0.1) is 17.8 Å². The first kappa shape index (κ1) is 13.5. The molecule has 0 saturated carbocycles. The second-order valence-electron chi connectivity index (χ2n) is 6.37. The summed E-state index contributed by atoms with van der Waals surface area (Å²) in [5.41, 5.74) is 0. The van der Waals surface area contributed by atoms with Crippen LogP contribution in [0.2, 0.25) is 0 Å². The predicted octanol–water partition coefficient (Wildman–Crippen LogP) is 0.648. The Bertz CT molecular complexity index is 446. The lowest BCUT2D eigenvalue weighted by Crippen LogP contribution is -2.47. The van der Waals surface area contributed by atoms with Gasteiger partial charge in [0.2, 0.25) is 11.8 Å². The van der Waals surface area contributed by atoms with Gasteiger partial charge in [0.25, 0.3) is 0 Å². The number of ether oxygens (including phenoxy) is 1. The Balaban J connectivity index is 1.89. The third kappa shape index (κ3) is 1.78. The molecule has 3 heterocycles. The molecule has 3 aliphatic heterocycles. The summed E-state index contributed by atoms with van der Waals surface area (Å²) in [6, 6.07) is -1.04. The standard InChI is InChI=1S/C14H19NO5/c1-6(2)5-7(14(18)19)15-12(16)10-8-3-4-9(20-8)11(10)13(15)17/h6-11H,3-5H2,1-2H3,(H,18,19)/t7?,8-,9?,10?,11?/m0/s1. The molecule has 6 nitrogen and oxygen atoms in total. The molecule has 6 heteroatoms. The minimum atomic E-state index is -1.10. The number of hydrogen-bond acceptors (Lipinski definition) is 4. The van der Waals surface area contributed by atoms with E-state index in [4.69, 9.17) is 4.74 Å². The van der Waals surface area contributed by atoms with Gasteiger partial charge in [-0.05, 0) is 25.2 Å². The van der Waals surface area contributed by atoms with Crippen LogP contribution in [0.1, 0.15) is 33.1 Å². The van der Waals surface area contributed by atoms with Gasteiger partial charge < -0.3 is 9.84 Å². The average molecular weight is 281 g/mol. The Morgan fingerprint density at radius 3 is 2.15 bits per heavy atom. The number of fused-ring (bicyclic) bond motifs is 5. The molecule has 110 valence electrons. The first-order chi connectivity index (χ1) is 9.41. The fourth-order valence-corrected chi connectivity index (χ4v) is 3.81. The van der Waals surface area contributed by atoms with Crippen molar-refractivity contribution >= 4 is 17.8 Å². The smallest absolute Gasteiger partial charge is 0.326 e. The van der Waals surface area contributed by atoms with E-state index in [-0.39, 0.29) is 29.9 Å². The molecular weight excluding hydrogens is 262 g/mol. The second kappa shape index (κ2) is 4.55. The van der Waals surface area contributed by atoms with Gasteiger partial charge in [0.15, 0.2) is 0 Å². The highest BCUT2D eigenvalue weighted by Gasteiger charge is 2.63. The van der Waals surface area contributed by atoms with Gasteiger partial charge in [-0.2, -0.15) is 0 Å². The van der Waals surface area contributed by atoms with Gasteiger partial charge >= 0.3 is 5.97 Å². The molecule has 3 saturated heterocycles. The Kier molecular flexibility index (Phi) is 3.08. The SMILES string of the molecule is CC(C)CC(C(=O)O)N1C(=O)C2C3CC[C@H](O3)C2C1=O. The Morgan fingerprint density at radius 1 is 1.25 bits per heavy atom. The van der Waals surface area contributed by atoms with Crippen LogP contribution < -0.4 is 0 Å². The van der Waals surface area contributed by atoms with Gasteiger partial charge in [-0.25, -0.2) is 4.79 Å². The molecule has 4 unspecified atom stereocenters. The van der Waals surface area contributed by atoms with Crippen molar-refractivity contribution in [1.82, 2.24) is 4.90 Å². The zero-order valence-electron chi connectivity index (χ0n) is 11.6. The lowest BCUT2D eigenvalue weighted by Gasteiger charge is -2.25. The van der Waals surface area contributed by atoms with Crippen molar-refractivity contribution in [2.75, 3.05) is 0 Å². The minimum Gasteiger partial charge on any atom is -0.480 e. The van der Waals surface area contributed by atoms with E-state index in [0.29, 0.717) is 6.42 Å². The second-order valence-corrected chi connectivity index (χ2v) is 6.37. The van der Waals surface area contributed by atoms with Gasteiger partial charge in [-0.3, -0.25) is 14.5 Å². The van der Waals surface area contributed by atoms with E-state index in [1.807, 2.05) is 13.8 Å². The highest BCUT2D eigenvalue weighted by atomic mass is 16.5. The van der Waals surface area contributed by atoms with E-state index in [0.717, 1.165) is 17.7 Å². The van der Waals surface area contributed by atoms with Crippen LogP contribution in [-0.4, -0.2) is 46.0 Å². The predicted molar refractivity (Wildman–Crippen MR) is 67.6 cm³/mol. The molecule has 0 aromatic heterocycles. The van der Waals surface area contributed by atoms with Gasteiger partial charge in [-0.1, -0.05) is 13.8 Å². The number of amides is 2. The molecular formula is C14H19NO5. The van der Waals surface area contributed by atoms with E-state index < -0.39 is 23.8 Å². The van der Waals surface area contributed by atoms with Crippen molar-refractivity contribution in [2.45, 2.75) is 51.4 Å². The summed E-state index contributed by atoms with van der Waals surface area (Å²) in [6.45, 7) is 3.77. The number of aliphatic carboxylic acids is 1. The molecule has 2 amide bonds. The maximum atomic E-state index is 12.5. The first-order valence-corrected chi connectivity index (χ1v) is 7.17. The van der Waals surface area contributed by atoms with Crippen LogP contribution in [0.25, 0.3) is 0 Å². The number of carboxylic acids is 1. The summed E-state index contributed by atoms with van der Waals surface area (Å²) in [7, 11) is 0. The van der Waals surface area contributed by atoms with Crippen molar-refractivity contribution in [1.29, 1.82) is 0 Å². The highest BCUT2D eigenvalue weighted by Crippen LogP contribution is 2.49. The normalized spacial score (nSPS) is 36.9. The summed E-state index contributed by atoms with van der Waals surface area (Å²) < 4.78 is 5.63. The summed E-state index contributed by atoms with van der Waals surface area (Å²) in [6.07, 6.45) is 1.49. The lowest BCUT2D eigenvalue weighted by atomic mass is 9.81. The van der Waals surface area contributed by atoms with E-state index in [2.05, 4.69) is 0 Å². The molecule has 3 rings (SSSR count).